The van der Waals surface area contributed by atoms with Crippen molar-refractivity contribution in [2.75, 3.05) is 0 Å². The standard InChI is InChI=1S/C15H15N2O/c1-10-7-11(2)14-13(8-10)16-15(18-14)12-5-4-6-17(3)9-12/h4-9H,1-3H3/q+1. The lowest BCUT2D eigenvalue weighted by Crippen LogP contribution is -2.26. The largest absolute Gasteiger partial charge is 0.436 e. The van der Waals surface area contributed by atoms with Gasteiger partial charge in [-0.2, -0.15) is 0 Å². The summed E-state index contributed by atoms with van der Waals surface area (Å²) >= 11 is 0. The molecule has 0 fully saturated rings. The summed E-state index contributed by atoms with van der Waals surface area (Å²) in [5.41, 5.74) is 5.13. The van der Waals surface area contributed by atoms with Gasteiger partial charge in [-0.3, -0.25) is 0 Å². The molecule has 0 aliphatic carbocycles. The molecule has 0 atom stereocenters. The second kappa shape index (κ2) is 3.95. The quantitative estimate of drug-likeness (QED) is 0.611. The van der Waals surface area contributed by atoms with E-state index in [9.17, 15) is 0 Å². The lowest BCUT2D eigenvalue weighted by molar-refractivity contribution is -0.671. The zero-order chi connectivity index (χ0) is 12.7. The minimum absolute atomic E-state index is 0.676. The highest BCUT2D eigenvalue weighted by Crippen LogP contribution is 2.26. The Hall–Kier alpha value is -2.16. The third-order valence-electron chi connectivity index (χ3n) is 3.01. The summed E-state index contributed by atoms with van der Waals surface area (Å²) in [6.45, 7) is 4.12. The molecule has 2 heterocycles. The number of hydrogen-bond acceptors (Lipinski definition) is 2. The van der Waals surface area contributed by atoms with Gasteiger partial charge in [0.1, 0.15) is 18.1 Å². The lowest BCUT2D eigenvalue weighted by Gasteiger charge is -1.95. The van der Waals surface area contributed by atoms with Crippen molar-refractivity contribution in [2.24, 2.45) is 7.05 Å². The molecular formula is C15H15N2O+. The summed E-state index contributed by atoms with van der Waals surface area (Å²) in [4.78, 5) is 4.57. The molecule has 0 saturated carbocycles. The molecule has 0 aliphatic rings. The maximum Gasteiger partial charge on any atom is 0.233 e. The summed E-state index contributed by atoms with van der Waals surface area (Å²) in [5, 5.41) is 0. The van der Waals surface area contributed by atoms with Crippen molar-refractivity contribution in [3.8, 4) is 11.5 Å². The average Bonchev–Trinajstić information content (AvgIpc) is 2.73. The molecule has 18 heavy (non-hydrogen) atoms. The summed E-state index contributed by atoms with van der Waals surface area (Å²) in [6, 6.07) is 8.16. The Labute approximate surface area is 106 Å². The SMILES string of the molecule is Cc1cc(C)c2oc(-c3ccc[n+](C)c3)nc2c1. The van der Waals surface area contributed by atoms with Crippen LogP contribution >= 0.6 is 0 Å². The highest BCUT2D eigenvalue weighted by atomic mass is 16.3. The first kappa shape index (κ1) is 11.0. The Balaban J connectivity index is 2.22. The normalized spacial score (nSPS) is 11.1. The van der Waals surface area contributed by atoms with E-state index < -0.39 is 0 Å². The van der Waals surface area contributed by atoms with Crippen molar-refractivity contribution in [2.45, 2.75) is 13.8 Å². The molecule has 3 aromatic rings. The van der Waals surface area contributed by atoms with E-state index in [1.807, 2.05) is 36.1 Å². The molecule has 2 aromatic heterocycles. The number of rotatable bonds is 1. The van der Waals surface area contributed by atoms with Gasteiger partial charge >= 0.3 is 0 Å². The van der Waals surface area contributed by atoms with Crippen molar-refractivity contribution in [3.05, 3.63) is 47.8 Å². The molecule has 3 heteroatoms. The fourth-order valence-electron chi connectivity index (χ4n) is 2.21. The van der Waals surface area contributed by atoms with E-state index in [-0.39, 0.29) is 0 Å². The smallest absolute Gasteiger partial charge is 0.233 e. The van der Waals surface area contributed by atoms with Crippen molar-refractivity contribution in [3.63, 3.8) is 0 Å². The number of nitrogens with zero attached hydrogens (tertiary/aromatic N) is 2. The number of fused-ring (bicyclic) bond motifs is 1. The van der Waals surface area contributed by atoms with Crippen molar-refractivity contribution >= 4 is 11.1 Å². The second-order valence-electron chi connectivity index (χ2n) is 4.71. The maximum atomic E-state index is 5.87. The van der Waals surface area contributed by atoms with Gasteiger partial charge in [0.05, 0.1) is 0 Å². The first-order valence-electron chi connectivity index (χ1n) is 5.97. The van der Waals surface area contributed by atoms with Gasteiger partial charge in [-0.1, -0.05) is 6.07 Å². The molecular weight excluding hydrogens is 224 g/mol. The van der Waals surface area contributed by atoms with Gasteiger partial charge in [0.25, 0.3) is 0 Å². The van der Waals surface area contributed by atoms with Gasteiger partial charge in [-0.05, 0) is 37.1 Å². The van der Waals surface area contributed by atoms with Gasteiger partial charge in [0.15, 0.2) is 18.0 Å². The van der Waals surface area contributed by atoms with Crippen LogP contribution in [0.5, 0.6) is 0 Å². The van der Waals surface area contributed by atoms with Crippen LogP contribution in [-0.4, -0.2) is 4.98 Å². The monoisotopic (exact) mass is 239 g/mol. The molecule has 0 radical (unpaired) electrons. The van der Waals surface area contributed by atoms with Crippen LogP contribution in [0, 0.1) is 13.8 Å². The van der Waals surface area contributed by atoms with E-state index in [0.29, 0.717) is 5.89 Å². The third kappa shape index (κ3) is 1.78. The van der Waals surface area contributed by atoms with E-state index in [1.54, 1.807) is 0 Å². The van der Waals surface area contributed by atoms with E-state index >= 15 is 0 Å². The summed E-state index contributed by atoms with van der Waals surface area (Å²) < 4.78 is 7.86. The van der Waals surface area contributed by atoms with Crippen LogP contribution in [0.2, 0.25) is 0 Å². The molecule has 0 unspecified atom stereocenters. The highest BCUT2D eigenvalue weighted by molar-refractivity contribution is 5.79. The molecule has 0 amide bonds. The fourth-order valence-corrected chi connectivity index (χ4v) is 2.21. The minimum Gasteiger partial charge on any atom is -0.436 e. The van der Waals surface area contributed by atoms with Gasteiger partial charge in [0.2, 0.25) is 5.89 Å². The molecule has 0 N–H and O–H groups in total. The van der Waals surface area contributed by atoms with E-state index in [0.717, 1.165) is 22.2 Å². The van der Waals surface area contributed by atoms with Crippen LogP contribution in [0.3, 0.4) is 0 Å². The van der Waals surface area contributed by atoms with Gasteiger partial charge < -0.3 is 4.42 Å². The number of oxazole rings is 1. The third-order valence-corrected chi connectivity index (χ3v) is 3.01. The Morgan fingerprint density at radius 3 is 2.83 bits per heavy atom. The molecule has 3 rings (SSSR count). The van der Waals surface area contributed by atoms with Crippen molar-refractivity contribution in [1.29, 1.82) is 0 Å². The number of pyridine rings is 1. The van der Waals surface area contributed by atoms with E-state index in [4.69, 9.17) is 4.42 Å². The highest BCUT2D eigenvalue weighted by Gasteiger charge is 2.12. The Kier molecular flexibility index (Phi) is 2.40. The maximum absolute atomic E-state index is 5.87. The summed E-state index contributed by atoms with van der Waals surface area (Å²) in [7, 11) is 1.99. The Bertz CT molecular complexity index is 728. The second-order valence-corrected chi connectivity index (χ2v) is 4.71. The van der Waals surface area contributed by atoms with Crippen LogP contribution in [0.4, 0.5) is 0 Å². The molecule has 0 saturated heterocycles. The minimum atomic E-state index is 0.676. The zero-order valence-corrected chi connectivity index (χ0v) is 10.8. The molecule has 0 bridgehead atoms. The number of benzene rings is 1. The molecule has 0 aliphatic heterocycles. The van der Waals surface area contributed by atoms with E-state index in [2.05, 4.69) is 31.0 Å². The molecule has 0 spiro atoms. The van der Waals surface area contributed by atoms with Crippen molar-refractivity contribution in [1.82, 2.24) is 4.98 Å². The first-order chi connectivity index (χ1) is 8.63. The van der Waals surface area contributed by atoms with Gasteiger partial charge in [0, 0.05) is 6.07 Å². The Morgan fingerprint density at radius 1 is 1.22 bits per heavy atom. The zero-order valence-electron chi connectivity index (χ0n) is 10.8. The summed E-state index contributed by atoms with van der Waals surface area (Å²) in [5.74, 6) is 0.676. The molecule has 3 nitrogen and oxygen atoms in total. The van der Waals surface area contributed by atoms with Gasteiger partial charge in [-0.25, -0.2) is 9.55 Å². The van der Waals surface area contributed by atoms with E-state index in [1.165, 1.54) is 5.56 Å². The Morgan fingerprint density at radius 2 is 2.06 bits per heavy atom. The lowest BCUT2D eigenvalue weighted by atomic mass is 10.1. The predicted octanol–water partition coefficient (Wildman–Crippen LogP) is 2.94. The van der Waals surface area contributed by atoms with Crippen molar-refractivity contribution < 1.29 is 8.98 Å². The van der Waals surface area contributed by atoms with Crippen LogP contribution in [0.1, 0.15) is 11.1 Å². The van der Waals surface area contributed by atoms with Crippen LogP contribution in [-0.2, 0) is 7.05 Å². The van der Waals surface area contributed by atoms with Crippen LogP contribution in [0.25, 0.3) is 22.6 Å². The number of aromatic nitrogens is 2. The predicted molar refractivity (Wildman–Crippen MR) is 70.1 cm³/mol. The average molecular weight is 239 g/mol. The van der Waals surface area contributed by atoms with Crippen LogP contribution in [0.15, 0.2) is 41.1 Å². The van der Waals surface area contributed by atoms with Crippen LogP contribution < -0.4 is 4.57 Å². The van der Waals surface area contributed by atoms with Gasteiger partial charge in [-0.15, -0.1) is 0 Å². The fraction of sp³-hybridized carbons (Fsp3) is 0.200. The molecule has 90 valence electrons. The topological polar surface area (TPSA) is 29.9 Å². The number of aryl methyl sites for hydroxylation is 3. The first-order valence-corrected chi connectivity index (χ1v) is 5.97. The summed E-state index contributed by atoms with van der Waals surface area (Å²) in [6.07, 6.45) is 3.99. The molecule has 1 aromatic carbocycles. The number of hydrogen-bond donors (Lipinski definition) is 0.